The molecular weight excluding hydrogens is 384 g/mol. The van der Waals surface area contributed by atoms with Crippen molar-refractivity contribution in [3.05, 3.63) is 118 Å². The van der Waals surface area contributed by atoms with Crippen LogP contribution in [0.4, 0.5) is 0 Å². The van der Waals surface area contributed by atoms with Gasteiger partial charge in [-0.25, -0.2) is 0 Å². The van der Waals surface area contributed by atoms with Gasteiger partial charge in [0, 0.05) is 5.56 Å². The third-order valence-corrected chi connectivity index (χ3v) is 6.19. The summed E-state index contributed by atoms with van der Waals surface area (Å²) in [5.74, 6) is 3.28. The van der Waals surface area contributed by atoms with Gasteiger partial charge in [-0.05, 0) is 94.8 Å². The fraction of sp³-hybridized carbons (Fsp3) is 0.250. The van der Waals surface area contributed by atoms with Crippen LogP contribution in [0.15, 0.2) is 73.3 Å². The van der Waals surface area contributed by atoms with E-state index >= 15 is 0 Å². The Morgan fingerprint density at radius 1 is 0.969 bits per heavy atom. The third kappa shape index (κ3) is 4.95. The molecular formula is C32H34. The van der Waals surface area contributed by atoms with E-state index in [4.69, 9.17) is 6.42 Å². The van der Waals surface area contributed by atoms with E-state index < -0.39 is 0 Å². The summed E-state index contributed by atoms with van der Waals surface area (Å²) < 4.78 is 0. The maximum absolute atomic E-state index is 5.67. The third-order valence-electron chi connectivity index (χ3n) is 6.19. The molecule has 0 heterocycles. The average Bonchev–Trinajstić information content (AvgIpc) is 2.97. The lowest BCUT2D eigenvalue weighted by Crippen LogP contribution is -1.97. The largest absolute Gasteiger partial charge is 0.115 e. The molecule has 3 aromatic carbocycles. The molecule has 3 aromatic rings. The zero-order valence-electron chi connectivity index (χ0n) is 19.9. The van der Waals surface area contributed by atoms with E-state index in [1.807, 2.05) is 19.9 Å². The first-order valence-corrected chi connectivity index (χ1v) is 11.7. The number of allylic oxidation sites excluding steroid dienone is 1. The second kappa shape index (κ2) is 10.8. The van der Waals surface area contributed by atoms with E-state index in [0.717, 1.165) is 24.8 Å². The van der Waals surface area contributed by atoms with Crippen molar-refractivity contribution < 1.29 is 0 Å². The second-order valence-corrected chi connectivity index (χ2v) is 8.27. The maximum atomic E-state index is 5.67. The van der Waals surface area contributed by atoms with Gasteiger partial charge in [0.25, 0.3) is 0 Å². The summed E-state index contributed by atoms with van der Waals surface area (Å²) in [5.41, 5.74) is 11.6. The van der Waals surface area contributed by atoms with E-state index in [1.165, 1.54) is 44.5 Å². The molecule has 0 fully saturated rings. The first-order valence-electron chi connectivity index (χ1n) is 11.7. The van der Waals surface area contributed by atoms with Crippen LogP contribution in [-0.2, 0) is 12.8 Å². The molecule has 0 aliphatic heterocycles. The maximum Gasteiger partial charge on any atom is 0.0245 e. The van der Waals surface area contributed by atoms with Crippen LogP contribution in [0.2, 0.25) is 0 Å². The lowest BCUT2D eigenvalue weighted by molar-refractivity contribution is 0.775. The Bertz CT molecular complexity index is 1170. The number of aryl methyl sites for hydroxylation is 3. The van der Waals surface area contributed by atoms with Crippen molar-refractivity contribution in [2.45, 2.75) is 52.9 Å². The molecule has 0 aromatic heterocycles. The summed E-state index contributed by atoms with van der Waals surface area (Å²) in [6, 6.07) is 22.1. The van der Waals surface area contributed by atoms with E-state index in [0.29, 0.717) is 5.92 Å². The molecule has 0 spiro atoms. The van der Waals surface area contributed by atoms with Crippen molar-refractivity contribution in [1.29, 1.82) is 0 Å². The Labute approximate surface area is 194 Å². The highest BCUT2D eigenvalue weighted by Gasteiger charge is 2.18. The number of terminal acetylenes is 1. The van der Waals surface area contributed by atoms with Crippen LogP contribution in [0.25, 0.3) is 11.6 Å². The summed E-state index contributed by atoms with van der Waals surface area (Å²) in [4.78, 5) is 0. The molecule has 4 rings (SSSR count). The number of hydrogen-bond acceptors (Lipinski definition) is 0. The van der Waals surface area contributed by atoms with Gasteiger partial charge in [0.15, 0.2) is 0 Å². The van der Waals surface area contributed by atoms with E-state index in [1.54, 1.807) is 0 Å². The zero-order valence-corrected chi connectivity index (χ0v) is 19.9. The second-order valence-electron chi connectivity index (χ2n) is 8.27. The quantitative estimate of drug-likeness (QED) is 0.295. The molecule has 0 N–H and O–H groups in total. The fourth-order valence-electron chi connectivity index (χ4n) is 4.61. The van der Waals surface area contributed by atoms with Gasteiger partial charge in [0.1, 0.15) is 0 Å². The Morgan fingerprint density at radius 3 is 2.41 bits per heavy atom. The standard InChI is InChI=1S/C30H28.C2H6/c1-5-9-21(3)27-16-13-24(18-22(27)4)20-30-28-11-8-7-10-25(28)14-15-26-19-23(6-2)12-17-29(26)30;1-2/h2,5,7-8,10-13,16-21H,1,9,14-15H2,3-4H3;1-2H3/b30-20+;. The minimum Gasteiger partial charge on any atom is -0.115 e. The predicted molar refractivity (Wildman–Crippen MR) is 141 cm³/mol. The fourth-order valence-corrected chi connectivity index (χ4v) is 4.61. The molecule has 1 aliphatic carbocycles. The highest BCUT2D eigenvalue weighted by Crippen LogP contribution is 2.36. The van der Waals surface area contributed by atoms with Crippen LogP contribution < -0.4 is 0 Å². The predicted octanol–water partition coefficient (Wildman–Crippen LogP) is 8.37. The van der Waals surface area contributed by atoms with Crippen LogP contribution in [0, 0.1) is 19.3 Å². The van der Waals surface area contributed by atoms with Gasteiger partial charge < -0.3 is 0 Å². The lowest BCUT2D eigenvalue weighted by atomic mass is 9.89. The summed E-state index contributed by atoms with van der Waals surface area (Å²) in [7, 11) is 0. The average molecular weight is 419 g/mol. The molecule has 162 valence electrons. The summed E-state index contributed by atoms with van der Waals surface area (Å²) in [5, 5.41) is 0. The van der Waals surface area contributed by atoms with Gasteiger partial charge in [-0.1, -0.05) is 81.3 Å². The molecule has 0 amide bonds. The molecule has 0 radical (unpaired) electrons. The van der Waals surface area contributed by atoms with Crippen molar-refractivity contribution >= 4 is 11.6 Å². The highest BCUT2D eigenvalue weighted by molar-refractivity contribution is 5.94. The minimum atomic E-state index is 0.491. The smallest absolute Gasteiger partial charge is 0.0245 e. The molecule has 1 atom stereocenters. The number of rotatable bonds is 4. The molecule has 32 heavy (non-hydrogen) atoms. The van der Waals surface area contributed by atoms with Crippen molar-refractivity contribution in [3.8, 4) is 12.3 Å². The summed E-state index contributed by atoms with van der Waals surface area (Å²) in [6.45, 7) is 12.4. The molecule has 0 nitrogen and oxygen atoms in total. The molecule has 0 saturated heterocycles. The first kappa shape index (κ1) is 23.4. The van der Waals surface area contributed by atoms with Crippen LogP contribution in [0.3, 0.4) is 0 Å². The monoisotopic (exact) mass is 418 g/mol. The van der Waals surface area contributed by atoms with Gasteiger partial charge >= 0.3 is 0 Å². The summed E-state index contributed by atoms with van der Waals surface area (Å²) in [6.07, 6.45) is 13.1. The van der Waals surface area contributed by atoms with Gasteiger partial charge in [-0.3, -0.25) is 0 Å². The molecule has 1 aliphatic rings. The van der Waals surface area contributed by atoms with Crippen molar-refractivity contribution in [3.63, 3.8) is 0 Å². The molecule has 0 heteroatoms. The molecule has 1 unspecified atom stereocenters. The minimum absolute atomic E-state index is 0.491. The van der Waals surface area contributed by atoms with E-state index in [2.05, 4.69) is 93.1 Å². The van der Waals surface area contributed by atoms with Crippen LogP contribution in [0.1, 0.15) is 77.6 Å². The van der Waals surface area contributed by atoms with Crippen LogP contribution >= 0.6 is 0 Å². The number of fused-ring (bicyclic) bond motifs is 2. The van der Waals surface area contributed by atoms with Gasteiger partial charge in [0.05, 0.1) is 0 Å². The SMILES string of the molecule is C#Cc1ccc2c(c1)CCc1ccccc1/C2=C\c1ccc(C(C)CC=C)c(C)c1.CC. The van der Waals surface area contributed by atoms with Crippen molar-refractivity contribution in [2.75, 3.05) is 0 Å². The van der Waals surface area contributed by atoms with E-state index in [-0.39, 0.29) is 0 Å². The van der Waals surface area contributed by atoms with Gasteiger partial charge in [-0.2, -0.15) is 0 Å². The van der Waals surface area contributed by atoms with Crippen molar-refractivity contribution in [2.24, 2.45) is 0 Å². The topological polar surface area (TPSA) is 0 Å². The zero-order chi connectivity index (χ0) is 23.1. The first-order chi connectivity index (χ1) is 15.6. The highest BCUT2D eigenvalue weighted by atomic mass is 14.2. The molecule has 0 saturated carbocycles. The van der Waals surface area contributed by atoms with Crippen LogP contribution in [0.5, 0.6) is 0 Å². The Kier molecular flexibility index (Phi) is 7.91. The Hall–Kier alpha value is -3.30. The normalized spacial score (nSPS) is 14.2. The van der Waals surface area contributed by atoms with Crippen LogP contribution in [-0.4, -0.2) is 0 Å². The number of benzene rings is 3. The Balaban J connectivity index is 0.00000141. The van der Waals surface area contributed by atoms with Gasteiger partial charge in [-0.15, -0.1) is 13.0 Å². The number of hydrogen-bond donors (Lipinski definition) is 0. The lowest BCUT2D eigenvalue weighted by Gasteiger charge is -2.15. The molecule has 0 bridgehead atoms. The summed E-state index contributed by atoms with van der Waals surface area (Å²) >= 11 is 0. The Morgan fingerprint density at radius 2 is 1.69 bits per heavy atom. The van der Waals surface area contributed by atoms with E-state index in [9.17, 15) is 0 Å². The van der Waals surface area contributed by atoms with Gasteiger partial charge in [0.2, 0.25) is 0 Å². The van der Waals surface area contributed by atoms with Crippen molar-refractivity contribution in [1.82, 2.24) is 0 Å².